The minimum absolute atomic E-state index is 0.0645. The molecular formula is C38H44Cl2N8O5. The Balaban J connectivity index is 0.00000114. The van der Waals surface area contributed by atoms with E-state index in [2.05, 4.69) is 49.2 Å². The SMILES string of the molecule is CC(C)=O.CCC(C)n1ncn(-c2ccc(N3CCN(c4ccc(OC[C@H]5CO[C@](Cn6cncn6)(c6ccc(Cl)cc6Cl)O5)cc4)CC3)cc2)c1=O. The first-order valence-corrected chi connectivity index (χ1v) is 18.4. The Labute approximate surface area is 318 Å². The van der Waals surface area contributed by atoms with Crippen LogP contribution in [0.15, 0.2) is 90.5 Å². The fourth-order valence-electron chi connectivity index (χ4n) is 6.24. The fourth-order valence-corrected chi connectivity index (χ4v) is 6.79. The number of aromatic nitrogens is 6. The molecule has 280 valence electrons. The molecule has 2 aromatic heterocycles. The molecule has 0 spiro atoms. The van der Waals surface area contributed by atoms with Gasteiger partial charge in [-0.15, -0.1) is 0 Å². The molecule has 0 radical (unpaired) electrons. The van der Waals surface area contributed by atoms with Crippen molar-refractivity contribution in [2.24, 2.45) is 0 Å². The van der Waals surface area contributed by atoms with E-state index in [1.165, 1.54) is 24.9 Å². The lowest BCUT2D eigenvalue weighted by Gasteiger charge is -2.37. The van der Waals surface area contributed by atoms with Crippen LogP contribution in [0.3, 0.4) is 0 Å². The lowest BCUT2D eigenvalue weighted by atomic mass is 10.1. The molecule has 15 heteroatoms. The third-order valence-electron chi connectivity index (χ3n) is 9.15. The van der Waals surface area contributed by atoms with E-state index in [-0.39, 0.29) is 30.2 Å². The van der Waals surface area contributed by atoms with Gasteiger partial charge >= 0.3 is 5.69 Å². The quantitative estimate of drug-likeness (QED) is 0.154. The monoisotopic (exact) mass is 762 g/mol. The van der Waals surface area contributed by atoms with E-state index in [0.29, 0.717) is 28.8 Å². The van der Waals surface area contributed by atoms with Crippen molar-refractivity contribution in [2.45, 2.75) is 58.6 Å². The highest BCUT2D eigenvalue weighted by Crippen LogP contribution is 2.40. The zero-order valence-electron chi connectivity index (χ0n) is 30.3. The van der Waals surface area contributed by atoms with E-state index in [0.717, 1.165) is 55.4 Å². The molecule has 13 nitrogen and oxygen atoms in total. The number of ether oxygens (including phenoxy) is 3. The molecule has 4 heterocycles. The molecule has 2 aliphatic heterocycles. The molecule has 5 aromatic rings. The molecule has 0 N–H and O–H groups in total. The summed E-state index contributed by atoms with van der Waals surface area (Å²) < 4.78 is 23.7. The number of halogens is 2. The third kappa shape index (κ3) is 9.10. The van der Waals surface area contributed by atoms with Crippen molar-refractivity contribution in [3.05, 3.63) is 112 Å². The number of piperazine rings is 1. The summed E-state index contributed by atoms with van der Waals surface area (Å²) in [6, 6.07) is 21.6. The van der Waals surface area contributed by atoms with Gasteiger partial charge in [-0.25, -0.2) is 23.7 Å². The van der Waals surface area contributed by atoms with Crippen LogP contribution >= 0.6 is 23.2 Å². The van der Waals surface area contributed by atoms with Crippen molar-refractivity contribution < 1.29 is 19.0 Å². The summed E-state index contributed by atoms with van der Waals surface area (Å²) in [5.41, 5.74) is 3.64. The van der Waals surface area contributed by atoms with Crippen molar-refractivity contribution in [3.63, 3.8) is 0 Å². The topological polar surface area (TPSA) is 122 Å². The van der Waals surface area contributed by atoms with Crippen molar-refractivity contribution in [1.29, 1.82) is 0 Å². The predicted octanol–water partition coefficient (Wildman–Crippen LogP) is 6.17. The number of carbonyl (C=O) groups is 1. The Morgan fingerprint density at radius 3 is 2.13 bits per heavy atom. The number of Topliss-reactive ketones (excluding diaryl/α,β-unsaturated/α-hetero) is 1. The smallest absolute Gasteiger partial charge is 0.350 e. The Hall–Kier alpha value is -4.69. The lowest BCUT2D eigenvalue weighted by molar-refractivity contribution is -0.190. The van der Waals surface area contributed by atoms with Gasteiger partial charge in [-0.2, -0.15) is 10.2 Å². The normalized spacial score (nSPS) is 19.1. The van der Waals surface area contributed by atoms with Crippen LogP contribution in [0.2, 0.25) is 10.0 Å². The number of nitrogens with zero attached hydrogens (tertiary/aromatic N) is 8. The van der Waals surface area contributed by atoms with E-state index in [4.69, 9.17) is 37.4 Å². The average Bonchev–Trinajstić information content (AvgIpc) is 3.92. The second-order valence-electron chi connectivity index (χ2n) is 13.2. The van der Waals surface area contributed by atoms with Gasteiger partial charge < -0.3 is 28.8 Å². The van der Waals surface area contributed by atoms with Crippen LogP contribution in [0, 0.1) is 0 Å². The average molecular weight is 764 g/mol. The van der Waals surface area contributed by atoms with Crippen LogP contribution < -0.4 is 20.2 Å². The van der Waals surface area contributed by atoms with Crippen LogP contribution in [0.5, 0.6) is 5.75 Å². The molecule has 0 aliphatic carbocycles. The molecule has 2 saturated heterocycles. The molecular weight excluding hydrogens is 719 g/mol. The zero-order valence-corrected chi connectivity index (χ0v) is 31.8. The fraction of sp³-hybridized carbons (Fsp3) is 0.395. The number of carbonyl (C=O) groups excluding carboxylic acids is 1. The summed E-state index contributed by atoms with van der Waals surface area (Å²) in [6.07, 6.45) is 5.19. The summed E-state index contributed by atoms with van der Waals surface area (Å²) in [6.45, 7) is 11.5. The molecule has 2 fully saturated rings. The van der Waals surface area contributed by atoms with Gasteiger partial charge in [0.05, 0.1) is 23.4 Å². The summed E-state index contributed by atoms with van der Waals surface area (Å²) in [5.74, 6) is -0.244. The van der Waals surface area contributed by atoms with E-state index >= 15 is 0 Å². The Kier molecular flexibility index (Phi) is 12.2. The first-order chi connectivity index (χ1) is 25.5. The molecule has 0 amide bonds. The Bertz CT molecular complexity index is 2010. The summed E-state index contributed by atoms with van der Waals surface area (Å²) in [4.78, 5) is 31.0. The van der Waals surface area contributed by atoms with Crippen molar-refractivity contribution in [1.82, 2.24) is 29.1 Å². The van der Waals surface area contributed by atoms with Gasteiger partial charge in [-0.05, 0) is 87.9 Å². The van der Waals surface area contributed by atoms with E-state index in [1.54, 1.807) is 34.0 Å². The maximum atomic E-state index is 12.8. The summed E-state index contributed by atoms with van der Waals surface area (Å²) in [5, 5.41) is 9.50. The van der Waals surface area contributed by atoms with Crippen molar-refractivity contribution >= 4 is 40.4 Å². The van der Waals surface area contributed by atoms with Gasteiger partial charge in [0.15, 0.2) is 0 Å². The molecule has 53 heavy (non-hydrogen) atoms. The second kappa shape index (κ2) is 17.0. The number of hydrogen-bond acceptors (Lipinski definition) is 10. The molecule has 1 unspecified atom stereocenters. The number of ketones is 1. The minimum Gasteiger partial charge on any atom is -0.491 e. The summed E-state index contributed by atoms with van der Waals surface area (Å²) in [7, 11) is 0. The van der Waals surface area contributed by atoms with Crippen molar-refractivity contribution in [3.8, 4) is 11.4 Å². The largest absolute Gasteiger partial charge is 0.491 e. The molecule has 7 rings (SSSR count). The predicted molar refractivity (Wildman–Crippen MR) is 205 cm³/mol. The standard InChI is InChI=1S/C35H38Cl2N8O4.C3H6O/c1-3-25(2)45-34(46)44(24-40-45)29-7-5-27(6-8-29)41-14-16-42(17-15-41)28-9-11-30(12-10-28)47-19-31-20-48-35(49-31,21-43-23-38-22-39-43)32-13-4-26(36)18-33(32)37;1-3(2)4/h4-13,18,22-25,31H,3,14-17,19-21H2,1-2H3;1-2H3/t25?,31-,35-;/m0./s1. The van der Waals surface area contributed by atoms with Crippen LogP contribution in [0.1, 0.15) is 45.7 Å². The van der Waals surface area contributed by atoms with Gasteiger partial charge in [0.25, 0.3) is 0 Å². The zero-order chi connectivity index (χ0) is 37.5. The first-order valence-electron chi connectivity index (χ1n) is 17.6. The number of hydrogen-bond donors (Lipinski definition) is 0. The highest BCUT2D eigenvalue weighted by atomic mass is 35.5. The minimum atomic E-state index is -1.16. The third-order valence-corrected chi connectivity index (χ3v) is 9.70. The van der Waals surface area contributed by atoms with Crippen LogP contribution in [0.25, 0.3) is 5.69 Å². The van der Waals surface area contributed by atoms with Gasteiger partial charge in [0.1, 0.15) is 49.8 Å². The molecule has 3 atom stereocenters. The maximum absolute atomic E-state index is 12.8. The van der Waals surface area contributed by atoms with E-state index in [1.807, 2.05) is 44.2 Å². The van der Waals surface area contributed by atoms with Gasteiger partial charge in [0, 0.05) is 48.1 Å². The lowest BCUT2D eigenvalue weighted by Crippen LogP contribution is -2.46. The van der Waals surface area contributed by atoms with Crippen molar-refractivity contribution in [2.75, 3.05) is 49.2 Å². The summed E-state index contributed by atoms with van der Waals surface area (Å²) >= 11 is 12.7. The number of anilines is 2. The second-order valence-corrected chi connectivity index (χ2v) is 14.1. The van der Waals surface area contributed by atoms with Crippen LogP contribution in [-0.2, 0) is 26.6 Å². The molecule has 0 saturated carbocycles. The Morgan fingerprint density at radius 2 is 1.55 bits per heavy atom. The number of benzene rings is 3. The first kappa shape index (κ1) is 38.0. The van der Waals surface area contributed by atoms with E-state index < -0.39 is 5.79 Å². The maximum Gasteiger partial charge on any atom is 0.350 e. The molecule has 3 aromatic carbocycles. The molecule has 0 bridgehead atoms. The highest BCUT2D eigenvalue weighted by Gasteiger charge is 2.45. The van der Waals surface area contributed by atoms with Crippen LogP contribution in [-0.4, -0.2) is 80.4 Å². The molecule has 2 aliphatic rings. The van der Waals surface area contributed by atoms with E-state index in [9.17, 15) is 9.59 Å². The van der Waals surface area contributed by atoms with Gasteiger partial charge in [-0.1, -0.05) is 36.2 Å². The number of rotatable bonds is 11. The highest BCUT2D eigenvalue weighted by molar-refractivity contribution is 6.35. The van der Waals surface area contributed by atoms with Crippen LogP contribution in [0.4, 0.5) is 11.4 Å². The van der Waals surface area contributed by atoms with Gasteiger partial charge in [0.2, 0.25) is 5.79 Å². The Morgan fingerprint density at radius 1 is 0.925 bits per heavy atom. The van der Waals surface area contributed by atoms with Gasteiger partial charge in [-0.3, -0.25) is 0 Å².